The summed E-state index contributed by atoms with van der Waals surface area (Å²) in [5.41, 5.74) is -0.259. The number of methoxy groups -OCH3 is 1. The summed E-state index contributed by atoms with van der Waals surface area (Å²) < 4.78 is 21.0. The molecule has 0 aliphatic carbocycles. The van der Waals surface area contributed by atoms with Crippen molar-refractivity contribution in [3.63, 3.8) is 0 Å². The molecule has 0 rings (SSSR count). The second-order valence-corrected chi connectivity index (χ2v) is 4.83. The normalized spacial score (nSPS) is 14.4. The standard InChI is InChI=1S/C14H31NO5/c1-4-15-14(2,13-16)5-6-18-9-10-20-12-11-19-8-7-17-3/h15-16H,4-13H2,1-3H3. The average molecular weight is 293 g/mol. The first-order chi connectivity index (χ1) is 9.68. The highest BCUT2D eigenvalue weighted by Gasteiger charge is 2.20. The molecule has 1 atom stereocenters. The second-order valence-electron chi connectivity index (χ2n) is 4.83. The molecule has 2 N–H and O–H groups in total. The number of ether oxygens (including phenoxy) is 4. The minimum absolute atomic E-state index is 0.111. The van der Waals surface area contributed by atoms with Gasteiger partial charge >= 0.3 is 0 Å². The third kappa shape index (κ3) is 11.6. The predicted molar refractivity (Wildman–Crippen MR) is 78.1 cm³/mol. The number of aliphatic hydroxyl groups is 1. The van der Waals surface area contributed by atoms with E-state index in [2.05, 4.69) is 5.32 Å². The molecular formula is C14H31NO5. The van der Waals surface area contributed by atoms with Crippen molar-refractivity contribution in [1.82, 2.24) is 5.32 Å². The van der Waals surface area contributed by atoms with Gasteiger partial charge in [0.25, 0.3) is 0 Å². The molecule has 0 saturated carbocycles. The molecule has 0 aliphatic rings. The summed E-state index contributed by atoms with van der Waals surface area (Å²) in [6.07, 6.45) is 0.775. The molecule has 0 heterocycles. The molecule has 122 valence electrons. The number of hydrogen-bond acceptors (Lipinski definition) is 6. The van der Waals surface area contributed by atoms with Crippen LogP contribution in [-0.2, 0) is 18.9 Å². The van der Waals surface area contributed by atoms with Gasteiger partial charge in [-0.3, -0.25) is 0 Å². The van der Waals surface area contributed by atoms with Crippen LogP contribution in [0.5, 0.6) is 0 Å². The Morgan fingerprint density at radius 3 is 1.85 bits per heavy atom. The van der Waals surface area contributed by atoms with E-state index in [0.29, 0.717) is 46.2 Å². The molecule has 6 heteroatoms. The van der Waals surface area contributed by atoms with Gasteiger partial charge in [0.2, 0.25) is 0 Å². The summed E-state index contributed by atoms with van der Waals surface area (Å²) in [4.78, 5) is 0. The van der Waals surface area contributed by atoms with E-state index in [1.165, 1.54) is 0 Å². The topological polar surface area (TPSA) is 69.2 Å². The fraction of sp³-hybridized carbons (Fsp3) is 1.00. The first-order valence-electron chi connectivity index (χ1n) is 7.26. The van der Waals surface area contributed by atoms with E-state index in [1.807, 2.05) is 13.8 Å². The molecule has 0 aromatic rings. The van der Waals surface area contributed by atoms with Crippen molar-refractivity contribution < 1.29 is 24.1 Å². The maximum atomic E-state index is 9.31. The zero-order valence-electron chi connectivity index (χ0n) is 13.2. The maximum absolute atomic E-state index is 9.31. The van der Waals surface area contributed by atoms with Crippen molar-refractivity contribution in [3.8, 4) is 0 Å². The van der Waals surface area contributed by atoms with Crippen LogP contribution in [0.25, 0.3) is 0 Å². The fourth-order valence-electron chi connectivity index (χ4n) is 1.63. The van der Waals surface area contributed by atoms with Gasteiger partial charge in [0.05, 0.1) is 46.2 Å². The molecule has 0 amide bonds. The van der Waals surface area contributed by atoms with Crippen molar-refractivity contribution in [1.29, 1.82) is 0 Å². The summed E-state index contributed by atoms with van der Waals surface area (Å²) in [7, 11) is 1.65. The third-order valence-electron chi connectivity index (χ3n) is 2.93. The molecule has 0 bridgehead atoms. The smallest absolute Gasteiger partial charge is 0.0701 e. The van der Waals surface area contributed by atoms with E-state index in [1.54, 1.807) is 7.11 Å². The Morgan fingerprint density at radius 1 is 0.900 bits per heavy atom. The van der Waals surface area contributed by atoms with E-state index >= 15 is 0 Å². The SMILES string of the molecule is CCNC(C)(CO)CCOCCOCCOCCOC. The van der Waals surface area contributed by atoms with Crippen LogP contribution in [0.4, 0.5) is 0 Å². The van der Waals surface area contributed by atoms with Crippen LogP contribution >= 0.6 is 0 Å². The van der Waals surface area contributed by atoms with Gasteiger partial charge in [-0.2, -0.15) is 0 Å². The molecule has 0 radical (unpaired) electrons. The summed E-state index contributed by atoms with van der Waals surface area (Å²) in [5, 5.41) is 12.6. The Labute approximate surface area is 122 Å². The van der Waals surface area contributed by atoms with Crippen LogP contribution in [-0.4, -0.2) is 77.2 Å². The average Bonchev–Trinajstić information content (AvgIpc) is 2.45. The first kappa shape index (κ1) is 19.8. The van der Waals surface area contributed by atoms with Crippen LogP contribution < -0.4 is 5.32 Å². The van der Waals surface area contributed by atoms with Gasteiger partial charge in [-0.15, -0.1) is 0 Å². The number of likely N-dealkylation sites (N-methyl/N-ethyl adjacent to an activating group) is 1. The lowest BCUT2D eigenvalue weighted by Gasteiger charge is -2.28. The van der Waals surface area contributed by atoms with E-state index in [4.69, 9.17) is 18.9 Å². The molecule has 0 aliphatic heterocycles. The fourth-order valence-corrected chi connectivity index (χ4v) is 1.63. The lowest BCUT2D eigenvalue weighted by atomic mass is 10.00. The summed E-state index contributed by atoms with van der Waals surface area (Å²) in [5.74, 6) is 0. The molecule has 0 saturated heterocycles. The number of rotatable bonds is 15. The number of aliphatic hydroxyl groups excluding tert-OH is 1. The van der Waals surface area contributed by atoms with Gasteiger partial charge in [0, 0.05) is 19.3 Å². The van der Waals surface area contributed by atoms with Crippen molar-refractivity contribution in [2.75, 3.05) is 66.5 Å². The zero-order chi connectivity index (χ0) is 15.1. The Morgan fingerprint density at radius 2 is 1.40 bits per heavy atom. The Hall–Kier alpha value is -0.240. The Balaban J connectivity index is 3.27. The quantitative estimate of drug-likeness (QED) is 0.427. The minimum atomic E-state index is -0.259. The zero-order valence-corrected chi connectivity index (χ0v) is 13.2. The molecule has 0 spiro atoms. The molecular weight excluding hydrogens is 262 g/mol. The molecule has 20 heavy (non-hydrogen) atoms. The Kier molecular flexibility index (Phi) is 13.6. The molecule has 0 aromatic carbocycles. The molecule has 0 fully saturated rings. The lowest BCUT2D eigenvalue weighted by molar-refractivity contribution is -0.000133. The van der Waals surface area contributed by atoms with Gasteiger partial charge in [-0.05, 0) is 19.9 Å². The first-order valence-corrected chi connectivity index (χ1v) is 7.26. The van der Waals surface area contributed by atoms with Crippen molar-refractivity contribution in [2.45, 2.75) is 25.8 Å². The maximum Gasteiger partial charge on any atom is 0.0701 e. The lowest BCUT2D eigenvalue weighted by Crippen LogP contribution is -2.46. The molecule has 1 unspecified atom stereocenters. The number of nitrogens with one attached hydrogen (secondary N) is 1. The van der Waals surface area contributed by atoms with Gasteiger partial charge in [-0.1, -0.05) is 6.92 Å². The van der Waals surface area contributed by atoms with Crippen LogP contribution in [0.15, 0.2) is 0 Å². The van der Waals surface area contributed by atoms with E-state index in [-0.39, 0.29) is 12.1 Å². The third-order valence-corrected chi connectivity index (χ3v) is 2.93. The van der Waals surface area contributed by atoms with Crippen LogP contribution in [0.3, 0.4) is 0 Å². The van der Waals surface area contributed by atoms with Crippen LogP contribution in [0, 0.1) is 0 Å². The van der Waals surface area contributed by atoms with E-state index in [9.17, 15) is 5.11 Å². The van der Waals surface area contributed by atoms with Crippen molar-refractivity contribution >= 4 is 0 Å². The van der Waals surface area contributed by atoms with Gasteiger partial charge in [-0.25, -0.2) is 0 Å². The van der Waals surface area contributed by atoms with E-state index in [0.717, 1.165) is 13.0 Å². The second kappa shape index (κ2) is 13.7. The van der Waals surface area contributed by atoms with Crippen LogP contribution in [0.1, 0.15) is 20.3 Å². The summed E-state index contributed by atoms with van der Waals surface area (Å²) >= 11 is 0. The summed E-state index contributed by atoms with van der Waals surface area (Å²) in [6, 6.07) is 0. The largest absolute Gasteiger partial charge is 0.394 e. The van der Waals surface area contributed by atoms with Gasteiger partial charge in [0.15, 0.2) is 0 Å². The molecule has 6 nitrogen and oxygen atoms in total. The number of hydrogen-bond donors (Lipinski definition) is 2. The van der Waals surface area contributed by atoms with E-state index < -0.39 is 0 Å². The summed E-state index contributed by atoms with van der Waals surface area (Å²) in [6.45, 7) is 9.05. The monoisotopic (exact) mass is 293 g/mol. The highest BCUT2D eigenvalue weighted by atomic mass is 16.6. The highest BCUT2D eigenvalue weighted by molar-refractivity contribution is 4.81. The van der Waals surface area contributed by atoms with Crippen LogP contribution in [0.2, 0.25) is 0 Å². The predicted octanol–water partition coefficient (Wildman–Crippen LogP) is 0.433. The Bertz CT molecular complexity index is 206. The van der Waals surface area contributed by atoms with Crippen molar-refractivity contribution in [3.05, 3.63) is 0 Å². The highest BCUT2D eigenvalue weighted by Crippen LogP contribution is 2.08. The van der Waals surface area contributed by atoms with Gasteiger partial charge < -0.3 is 29.4 Å². The molecule has 0 aromatic heterocycles. The van der Waals surface area contributed by atoms with Gasteiger partial charge in [0.1, 0.15) is 0 Å². The van der Waals surface area contributed by atoms with Crippen molar-refractivity contribution in [2.24, 2.45) is 0 Å². The minimum Gasteiger partial charge on any atom is -0.394 e.